The minimum absolute atomic E-state index is 0.897. The lowest BCUT2D eigenvalue weighted by Crippen LogP contribution is -1.82. The molecule has 0 bridgehead atoms. The van der Waals surface area contributed by atoms with Crippen molar-refractivity contribution >= 4 is 54.3 Å². The summed E-state index contributed by atoms with van der Waals surface area (Å²) in [6.07, 6.45) is 0. The van der Waals surface area contributed by atoms with Gasteiger partial charge in [0, 0.05) is 21.9 Å². The minimum Gasteiger partial charge on any atom is -0.456 e. The third-order valence-electron chi connectivity index (χ3n) is 7.31. The highest BCUT2D eigenvalue weighted by atomic mass is 16.3. The molecular weight excluding hydrogens is 440 g/mol. The van der Waals surface area contributed by atoms with Gasteiger partial charge in [-0.05, 0) is 56.6 Å². The molecule has 6 aromatic carbocycles. The number of furan rings is 2. The molecule has 0 amide bonds. The van der Waals surface area contributed by atoms with E-state index < -0.39 is 0 Å². The van der Waals surface area contributed by atoms with E-state index in [1.165, 1.54) is 32.3 Å². The predicted molar refractivity (Wildman–Crippen MR) is 149 cm³/mol. The van der Waals surface area contributed by atoms with Crippen LogP contribution >= 0.6 is 0 Å². The first-order chi connectivity index (χ1) is 17.8. The lowest BCUT2D eigenvalue weighted by molar-refractivity contribution is 0.631. The summed E-state index contributed by atoms with van der Waals surface area (Å²) in [5.41, 5.74) is 4.00. The van der Waals surface area contributed by atoms with Crippen molar-refractivity contribution in [2.24, 2.45) is 0 Å². The van der Waals surface area contributed by atoms with E-state index >= 15 is 0 Å². The van der Waals surface area contributed by atoms with Crippen molar-refractivity contribution in [3.05, 3.63) is 121 Å². The van der Waals surface area contributed by atoms with E-state index in [-0.39, 0.29) is 0 Å². The van der Waals surface area contributed by atoms with E-state index in [1.807, 2.05) is 36.4 Å². The number of benzene rings is 6. The Labute approximate surface area is 207 Å². The summed E-state index contributed by atoms with van der Waals surface area (Å²) in [5.74, 6) is 1.79. The second kappa shape index (κ2) is 7.34. The Balaban J connectivity index is 1.36. The zero-order valence-corrected chi connectivity index (χ0v) is 19.4. The number of rotatable bonds is 2. The molecule has 0 unspecified atom stereocenters. The Morgan fingerprint density at radius 2 is 0.639 bits per heavy atom. The SMILES string of the molecule is c1ccc(-c2cc3c(ccc4c3ccc3c5ccc6oc(-c7ccccc7)cc6c5ccc43)o2)cc1. The fourth-order valence-corrected chi connectivity index (χ4v) is 5.57. The molecule has 0 fully saturated rings. The maximum absolute atomic E-state index is 6.22. The molecule has 0 aliphatic rings. The molecule has 2 aromatic heterocycles. The van der Waals surface area contributed by atoms with Crippen LogP contribution in [0.3, 0.4) is 0 Å². The van der Waals surface area contributed by atoms with Crippen LogP contribution in [-0.2, 0) is 0 Å². The maximum Gasteiger partial charge on any atom is 0.135 e. The minimum atomic E-state index is 0.897. The van der Waals surface area contributed by atoms with E-state index in [4.69, 9.17) is 8.83 Å². The van der Waals surface area contributed by atoms with Crippen LogP contribution in [0.15, 0.2) is 130 Å². The normalized spacial score (nSPS) is 11.9. The highest BCUT2D eigenvalue weighted by Crippen LogP contribution is 2.40. The van der Waals surface area contributed by atoms with Gasteiger partial charge >= 0.3 is 0 Å². The fourth-order valence-electron chi connectivity index (χ4n) is 5.57. The van der Waals surface area contributed by atoms with Crippen molar-refractivity contribution in [1.82, 2.24) is 0 Å². The standard InChI is InChI=1S/C34H20O2/c1-3-7-21(8-4-1)33-19-29-27-13-11-24-23(25(27)15-17-31(29)35-33)12-14-28-26(24)16-18-32-30(28)20-34(36-32)22-9-5-2-6-10-22/h1-20H. The first-order valence-corrected chi connectivity index (χ1v) is 12.2. The van der Waals surface area contributed by atoms with Crippen LogP contribution in [0.1, 0.15) is 0 Å². The summed E-state index contributed by atoms with van der Waals surface area (Å²) in [7, 11) is 0. The second-order valence-electron chi connectivity index (χ2n) is 9.32. The van der Waals surface area contributed by atoms with Gasteiger partial charge in [0.25, 0.3) is 0 Å². The summed E-state index contributed by atoms with van der Waals surface area (Å²) in [6, 6.07) is 42.4. The predicted octanol–water partition coefficient (Wildman–Crippen LogP) is 9.97. The van der Waals surface area contributed by atoms with Gasteiger partial charge in [-0.1, -0.05) is 97.1 Å². The van der Waals surface area contributed by atoms with E-state index in [0.717, 1.165) is 44.6 Å². The van der Waals surface area contributed by atoms with Gasteiger partial charge in [0.2, 0.25) is 0 Å². The van der Waals surface area contributed by atoms with Gasteiger partial charge in [-0.2, -0.15) is 0 Å². The lowest BCUT2D eigenvalue weighted by Gasteiger charge is -2.08. The van der Waals surface area contributed by atoms with Gasteiger partial charge < -0.3 is 8.83 Å². The molecular formula is C34H20O2. The monoisotopic (exact) mass is 460 g/mol. The molecule has 8 rings (SSSR count). The van der Waals surface area contributed by atoms with E-state index in [9.17, 15) is 0 Å². The first-order valence-electron chi connectivity index (χ1n) is 12.2. The number of hydrogen-bond acceptors (Lipinski definition) is 2. The Bertz CT molecular complexity index is 1920. The Kier molecular flexibility index (Phi) is 3.97. The van der Waals surface area contributed by atoms with Crippen molar-refractivity contribution in [1.29, 1.82) is 0 Å². The summed E-state index contributed by atoms with van der Waals surface area (Å²) in [5, 5.41) is 9.67. The van der Waals surface area contributed by atoms with Crippen molar-refractivity contribution in [2.45, 2.75) is 0 Å². The topological polar surface area (TPSA) is 26.3 Å². The van der Waals surface area contributed by atoms with E-state index in [0.29, 0.717) is 0 Å². The van der Waals surface area contributed by atoms with Gasteiger partial charge in [0.15, 0.2) is 0 Å². The zero-order chi connectivity index (χ0) is 23.6. The molecule has 2 nitrogen and oxygen atoms in total. The van der Waals surface area contributed by atoms with Crippen molar-refractivity contribution in [2.75, 3.05) is 0 Å². The molecule has 0 N–H and O–H groups in total. The maximum atomic E-state index is 6.22. The average molecular weight is 461 g/mol. The van der Waals surface area contributed by atoms with Crippen molar-refractivity contribution in [3.8, 4) is 22.6 Å². The van der Waals surface area contributed by atoms with Crippen LogP contribution in [0.5, 0.6) is 0 Å². The lowest BCUT2D eigenvalue weighted by atomic mass is 9.94. The van der Waals surface area contributed by atoms with Crippen LogP contribution in [0.4, 0.5) is 0 Å². The number of fused-ring (bicyclic) bond motifs is 9. The molecule has 0 aliphatic heterocycles. The molecule has 36 heavy (non-hydrogen) atoms. The van der Waals surface area contributed by atoms with Crippen LogP contribution in [0.2, 0.25) is 0 Å². The Hall–Kier alpha value is -4.82. The van der Waals surface area contributed by atoms with Crippen LogP contribution in [-0.4, -0.2) is 0 Å². The van der Waals surface area contributed by atoms with E-state index in [2.05, 4.69) is 84.9 Å². The molecule has 0 saturated heterocycles. The van der Waals surface area contributed by atoms with Crippen LogP contribution in [0, 0.1) is 0 Å². The number of hydrogen-bond donors (Lipinski definition) is 0. The summed E-state index contributed by atoms with van der Waals surface area (Å²) in [4.78, 5) is 0. The Morgan fingerprint density at radius 1 is 0.306 bits per heavy atom. The smallest absolute Gasteiger partial charge is 0.135 e. The third kappa shape index (κ3) is 2.79. The Morgan fingerprint density at radius 3 is 1.03 bits per heavy atom. The summed E-state index contributed by atoms with van der Waals surface area (Å²) < 4.78 is 12.4. The van der Waals surface area contributed by atoms with Crippen molar-refractivity contribution < 1.29 is 8.83 Å². The summed E-state index contributed by atoms with van der Waals surface area (Å²) in [6.45, 7) is 0. The summed E-state index contributed by atoms with van der Waals surface area (Å²) >= 11 is 0. The first kappa shape index (κ1) is 19.5. The molecule has 8 aromatic rings. The highest BCUT2D eigenvalue weighted by Gasteiger charge is 2.14. The van der Waals surface area contributed by atoms with Gasteiger partial charge in [-0.25, -0.2) is 0 Å². The van der Waals surface area contributed by atoms with Gasteiger partial charge in [-0.15, -0.1) is 0 Å². The second-order valence-corrected chi connectivity index (χ2v) is 9.32. The van der Waals surface area contributed by atoms with Crippen LogP contribution in [0.25, 0.3) is 76.9 Å². The van der Waals surface area contributed by atoms with Gasteiger partial charge in [0.05, 0.1) is 0 Å². The molecule has 0 spiro atoms. The molecule has 0 aliphatic carbocycles. The third-order valence-corrected chi connectivity index (χ3v) is 7.31. The largest absolute Gasteiger partial charge is 0.456 e. The molecule has 0 saturated carbocycles. The van der Waals surface area contributed by atoms with Crippen LogP contribution < -0.4 is 0 Å². The fraction of sp³-hybridized carbons (Fsp3) is 0. The molecule has 2 heterocycles. The van der Waals surface area contributed by atoms with Gasteiger partial charge in [0.1, 0.15) is 22.7 Å². The average Bonchev–Trinajstić information content (AvgIpc) is 3.58. The zero-order valence-electron chi connectivity index (χ0n) is 19.4. The quantitative estimate of drug-likeness (QED) is 0.240. The molecule has 0 radical (unpaired) electrons. The highest BCUT2D eigenvalue weighted by molar-refractivity contribution is 6.24. The molecule has 168 valence electrons. The van der Waals surface area contributed by atoms with E-state index in [1.54, 1.807) is 0 Å². The molecule has 2 heteroatoms. The van der Waals surface area contributed by atoms with Crippen molar-refractivity contribution in [3.63, 3.8) is 0 Å². The van der Waals surface area contributed by atoms with Gasteiger partial charge in [-0.3, -0.25) is 0 Å². The molecule has 0 atom stereocenters.